The summed E-state index contributed by atoms with van der Waals surface area (Å²) in [7, 11) is 0. The van der Waals surface area contributed by atoms with Gasteiger partial charge in [0, 0.05) is 31.7 Å². The Morgan fingerprint density at radius 1 is 0.688 bits per heavy atom. The molecule has 1 aliphatic rings. The van der Waals surface area contributed by atoms with Crippen LogP contribution in [0.5, 0.6) is 0 Å². The molecule has 1 aromatic heterocycles. The van der Waals surface area contributed by atoms with Gasteiger partial charge in [0.15, 0.2) is 0 Å². The summed E-state index contributed by atoms with van der Waals surface area (Å²) < 4.78 is 27.1. The second-order valence-electron chi connectivity index (χ2n) is 7.78. The number of hydrogen-bond donors (Lipinski definition) is 0. The Bertz CT molecular complexity index is 1110. The second kappa shape index (κ2) is 9.14. The quantitative estimate of drug-likeness (QED) is 0.410. The molecule has 32 heavy (non-hydrogen) atoms. The highest BCUT2D eigenvalue weighted by molar-refractivity contribution is 7.18. The van der Waals surface area contributed by atoms with Crippen LogP contribution in [0.2, 0.25) is 0 Å². The largest absolute Gasteiger partial charge is 0.344 e. The lowest BCUT2D eigenvalue weighted by molar-refractivity contribution is 0.212. The number of halogens is 2. The molecular weight excluding hydrogens is 426 g/mol. The molecule has 0 N–H and O–H groups in total. The first-order valence-electron chi connectivity index (χ1n) is 10.6. The molecule has 162 valence electrons. The highest BCUT2D eigenvalue weighted by atomic mass is 32.1. The Hall–Kier alpha value is -3.16. The Morgan fingerprint density at radius 3 is 1.81 bits per heavy atom. The van der Waals surface area contributed by atoms with E-state index in [-0.39, 0.29) is 17.7 Å². The van der Waals surface area contributed by atoms with E-state index in [1.54, 1.807) is 11.3 Å². The molecule has 1 saturated heterocycles. The average Bonchev–Trinajstić information content (AvgIpc) is 3.33. The maximum Gasteiger partial charge on any atom is 0.208 e. The third kappa shape index (κ3) is 4.40. The molecule has 0 amide bonds. The van der Waals surface area contributed by atoms with Crippen LogP contribution in [-0.2, 0) is 0 Å². The first kappa shape index (κ1) is 20.7. The molecule has 0 saturated carbocycles. The van der Waals surface area contributed by atoms with E-state index < -0.39 is 0 Å². The summed E-state index contributed by atoms with van der Waals surface area (Å²) in [5, 5.41) is 10.6. The zero-order valence-corrected chi connectivity index (χ0v) is 18.2. The summed E-state index contributed by atoms with van der Waals surface area (Å²) in [6.45, 7) is 3.23. The fourth-order valence-corrected chi connectivity index (χ4v) is 5.02. The maximum absolute atomic E-state index is 13.5. The van der Waals surface area contributed by atoms with Crippen LogP contribution < -0.4 is 4.90 Å². The van der Waals surface area contributed by atoms with Crippen molar-refractivity contribution in [2.75, 3.05) is 31.1 Å². The molecule has 3 aromatic carbocycles. The minimum Gasteiger partial charge on any atom is -0.344 e. The van der Waals surface area contributed by atoms with Crippen LogP contribution in [0.25, 0.3) is 10.6 Å². The minimum atomic E-state index is -0.262. The number of rotatable bonds is 5. The Kier molecular flexibility index (Phi) is 5.92. The van der Waals surface area contributed by atoms with E-state index >= 15 is 0 Å². The van der Waals surface area contributed by atoms with Gasteiger partial charge in [0.1, 0.15) is 16.6 Å². The average molecular weight is 449 g/mol. The summed E-state index contributed by atoms with van der Waals surface area (Å²) in [4.78, 5) is 4.61. The summed E-state index contributed by atoms with van der Waals surface area (Å²) in [6.07, 6.45) is 0. The summed E-state index contributed by atoms with van der Waals surface area (Å²) >= 11 is 1.60. The van der Waals surface area contributed by atoms with Crippen LogP contribution in [0.4, 0.5) is 13.9 Å². The van der Waals surface area contributed by atoms with Gasteiger partial charge in [0.25, 0.3) is 0 Å². The van der Waals surface area contributed by atoms with Crippen molar-refractivity contribution in [1.29, 1.82) is 0 Å². The molecule has 5 rings (SSSR count). The van der Waals surface area contributed by atoms with E-state index in [9.17, 15) is 8.78 Å². The van der Waals surface area contributed by atoms with E-state index in [1.807, 2.05) is 54.6 Å². The predicted octanol–water partition coefficient (Wildman–Crippen LogP) is 5.39. The van der Waals surface area contributed by atoms with Crippen molar-refractivity contribution in [3.05, 3.63) is 102 Å². The van der Waals surface area contributed by atoms with Crippen LogP contribution in [0.1, 0.15) is 17.2 Å². The zero-order chi connectivity index (χ0) is 21.9. The summed E-state index contributed by atoms with van der Waals surface area (Å²) in [5.41, 5.74) is 3.06. The van der Waals surface area contributed by atoms with E-state index in [0.717, 1.165) is 53.0 Å². The Balaban J connectivity index is 1.34. The lowest BCUT2D eigenvalue weighted by Gasteiger charge is -2.39. The molecule has 0 atom stereocenters. The SMILES string of the molecule is Fc1ccc(C(c2ccc(F)cc2)N2CCN(c3nnc(-c4ccccc4)s3)CC2)cc1. The predicted molar refractivity (Wildman–Crippen MR) is 124 cm³/mol. The van der Waals surface area contributed by atoms with Crippen molar-refractivity contribution in [1.82, 2.24) is 15.1 Å². The summed E-state index contributed by atoms with van der Waals surface area (Å²) in [5.74, 6) is -0.524. The van der Waals surface area contributed by atoms with Crippen molar-refractivity contribution >= 4 is 16.5 Å². The smallest absolute Gasteiger partial charge is 0.208 e. The topological polar surface area (TPSA) is 32.3 Å². The van der Waals surface area contributed by atoms with Gasteiger partial charge < -0.3 is 4.90 Å². The minimum absolute atomic E-state index is 0.0624. The third-order valence-corrected chi connectivity index (χ3v) is 6.79. The van der Waals surface area contributed by atoms with Crippen molar-refractivity contribution in [3.63, 3.8) is 0 Å². The van der Waals surface area contributed by atoms with Crippen molar-refractivity contribution in [3.8, 4) is 10.6 Å². The lowest BCUT2D eigenvalue weighted by Crippen LogP contribution is -2.48. The number of anilines is 1. The number of nitrogens with zero attached hydrogens (tertiary/aromatic N) is 4. The number of hydrogen-bond acceptors (Lipinski definition) is 5. The van der Waals surface area contributed by atoms with Gasteiger partial charge in [-0.3, -0.25) is 4.90 Å². The molecule has 0 aliphatic carbocycles. The van der Waals surface area contributed by atoms with Crippen LogP contribution >= 0.6 is 11.3 Å². The van der Waals surface area contributed by atoms with Gasteiger partial charge in [0.05, 0.1) is 6.04 Å². The van der Waals surface area contributed by atoms with E-state index in [1.165, 1.54) is 24.3 Å². The molecule has 1 fully saturated rings. The molecule has 0 radical (unpaired) electrons. The maximum atomic E-state index is 13.5. The van der Waals surface area contributed by atoms with Crippen LogP contribution in [0, 0.1) is 11.6 Å². The van der Waals surface area contributed by atoms with Crippen LogP contribution in [0.15, 0.2) is 78.9 Å². The van der Waals surface area contributed by atoms with Gasteiger partial charge in [-0.15, -0.1) is 10.2 Å². The Labute approximate surface area is 189 Å². The first-order chi connectivity index (χ1) is 15.7. The van der Waals surface area contributed by atoms with E-state index in [4.69, 9.17) is 0 Å². The van der Waals surface area contributed by atoms with Gasteiger partial charge in [-0.2, -0.15) is 0 Å². The normalized spacial score (nSPS) is 14.8. The van der Waals surface area contributed by atoms with Crippen molar-refractivity contribution in [2.45, 2.75) is 6.04 Å². The van der Waals surface area contributed by atoms with Crippen LogP contribution in [0.3, 0.4) is 0 Å². The highest BCUT2D eigenvalue weighted by Gasteiger charge is 2.28. The third-order valence-electron chi connectivity index (χ3n) is 5.76. The number of benzene rings is 3. The molecule has 4 aromatic rings. The monoisotopic (exact) mass is 448 g/mol. The highest BCUT2D eigenvalue weighted by Crippen LogP contribution is 2.33. The van der Waals surface area contributed by atoms with E-state index in [0.29, 0.717) is 0 Å². The molecule has 2 heterocycles. The first-order valence-corrected chi connectivity index (χ1v) is 11.4. The fraction of sp³-hybridized carbons (Fsp3) is 0.200. The van der Waals surface area contributed by atoms with Gasteiger partial charge in [-0.05, 0) is 35.4 Å². The molecule has 0 bridgehead atoms. The van der Waals surface area contributed by atoms with Crippen molar-refractivity contribution < 1.29 is 8.78 Å². The van der Waals surface area contributed by atoms with Gasteiger partial charge >= 0.3 is 0 Å². The number of piperazine rings is 1. The van der Waals surface area contributed by atoms with Crippen molar-refractivity contribution in [2.24, 2.45) is 0 Å². The van der Waals surface area contributed by atoms with Crippen LogP contribution in [-0.4, -0.2) is 41.3 Å². The Morgan fingerprint density at radius 2 is 1.25 bits per heavy atom. The van der Waals surface area contributed by atoms with E-state index in [2.05, 4.69) is 20.0 Å². The second-order valence-corrected chi connectivity index (χ2v) is 8.74. The number of aromatic nitrogens is 2. The standard InChI is InChI=1S/C25H22F2N4S/c26-21-10-6-18(7-11-21)23(19-8-12-22(27)13-9-19)30-14-16-31(17-15-30)25-29-28-24(32-25)20-4-2-1-3-5-20/h1-13,23H,14-17H2. The molecule has 4 nitrogen and oxygen atoms in total. The molecule has 0 spiro atoms. The molecular formula is C25H22F2N4S. The van der Waals surface area contributed by atoms with Gasteiger partial charge in [-0.25, -0.2) is 8.78 Å². The lowest BCUT2D eigenvalue weighted by atomic mass is 9.96. The summed E-state index contributed by atoms with van der Waals surface area (Å²) in [6, 6.07) is 23.2. The molecule has 1 aliphatic heterocycles. The zero-order valence-electron chi connectivity index (χ0n) is 17.4. The molecule has 0 unspecified atom stereocenters. The van der Waals surface area contributed by atoms with Gasteiger partial charge in [-0.1, -0.05) is 65.9 Å². The fourth-order valence-electron chi connectivity index (χ4n) is 4.12. The molecule has 7 heteroatoms. The van der Waals surface area contributed by atoms with Gasteiger partial charge in [0.2, 0.25) is 5.13 Å².